The zero-order valence-corrected chi connectivity index (χ0v) is 9.67. The van der Waals surface area contributed by atoms with Crippen LogP contribution in [-0.2, 0) is 11.0 Å². The number of amides is 1. The monoisotopic (exact) mass is 277 g/mol. The number of pyridine rings is 1. The van der Waals surface area contributed by atoms with Crippen LogP contribution in [0.4, 0.5) is 23.4 Å². The predicted molar refractivity (Wildman–Crippen MR) is 59.2 cm³/mol. The zero-order valence-electron chi connectivity index (χ0n) is 9.67. The molecular formula is C11H11F4N3O. The molecule has 0 saturated carbocycles. The minimum absolute atomic E-state index is 0.00476. The van der Waals surface area contributed by atoms with Gasteiger partial charge in [-0.05, 0) is 12.1 Å². The van der Waals surface area contributed by atoms with Gasteiger partial charge in [0.1, 0.15) is 17.7 Å². The largest absolute Gasteiger partial charge is 0.433 e. The van der Waals surface area contributed by atoms with Crippen molar-refractivity contribution in [2.75, 3.05) is 11.9 Å². The summed E-state index contributed by atoms with van der Waals surface area (Å²) in [7, 11) is 0. The maximum Gasteiger partial charge on any atom is 0.433 e. The van der Waals surface area contributed by atoms with E-state index in [1.54, 1.807) is 0 Å². The van der Waals surface area contributed by atoms with Gasteiger partial charge in [-0.3, -0.25) is 4.79 Å². The molecule has 1 aromatic rings. The highest BCUT2D eigenvalue weighted by Gasteiger charge is 2.33. The molecule has 0 bridgehead atoms. The summed E-state index contributed by atoms with van der Waals surface area (Å²) in [5, 5.41) is 4.87. The maximum absolute atomic E-state index is 12.9. The van der Waals surface area contributed by atoms with Gasteiger partial charge in [0.05, 0.1) is 6.04 Å². The quantitative estimate of drug-likeness (QED) is 0.810. The minimum atomic E-state index is -4.57. The van der Waals surface area contributed by atoms with Crippen molar-refractivity contribution in [3.8, 4) is 0 Å². The first-order chi connectivity index (χ1) is 8.86. The molecular weight excluding hydrogens is 266 g/mol. The Morgan fingerprint density at radius 1 is 1.42 bits per heavy atom. The lowest BCUT2D eigenvalue weighted by atomic mass is 10.2. The van der Waals surface area contributed by atoms with Gasteiger partial charge in [-0.25, -0.2) is 9.37 Å². The highest BCUT2D eigenvalue weighted by molar-refractivity contribution is 5.94. The summed E-state index contributed by atoms with van der Waals surface area (Å²) in [5.41, 5.74) is -1.09. The SMILES string of the molecule is O=C(Nc1cccc(C(F)(F)F)n1)[C@@H]1C[C@@H](F)CN1. The normalized spacial score (nSPS) is 23.4. The Balaban J connectivity index is 2.05. The third-order valence-electron chi connectivity index (χ3n) is 2.68. The van der Waals surface area contributed by atoms with Crippen molar-refractivity contribution >= 4 is 11.7 Å². The molecule has 0 radical (unpaired) electrons. The predicted octanol–water partition coefficient (Wildman–Crippen LogP) is 1.74. The molecule has 1 fully saturated rings. The summed E-state index contributed by atoms with van der Waals surface area (Å²) in [6.45, 7) is 0.0636. The molecule has 0 unspecified atom stereocenters. The Hall–Kier alpha value is -1.70. The molecule has 1 aliphatic heterocycles. The first kappa shape index (κ1) is 13.7. The Bertz CT molecular complexity index is 477. The number of hydrogen-bond acceptors (Lipinski definition) is 3. The molecule has 1 aliphatic rings. The van der Waals surface area contributed by atoms with Crippen LogP contribution < -0.4 is 10.6 Å². The van der Waals surface area contributed by atoms with Crippen LogP contribution in [0, 0.1) is 0 Å². The number of halogens is 4. The first-order valence-electron chi connectivity index (χ1n) is 5.59. The topological polar surface area (TPSA) is 54.0 Å². The van der Waals surface area contributed by atoms with Gasteiger partial charge >= 0.3 is 6.18 Å². The van der Waals surface area contributed by atoms with Gasteiger partial charge in [0.2, 0.25) is 5.91 Å². The van der Waals surface area contributed by atoms with Crippen LogP contribution in [0.25, 0.3) is 0 Å². The number of alkyl halides is 4. The first-order valence-corrected chi connectivity index (χ1v) is 5.59. The van der Waals surface area contributed by atoms with E-state index < -0.39 is 30.0 Å². The molecule has 2 rings (SSSR count). The molecule has 4 nitrogen and oxygen atoms in total. The highest BCUT2D eigenvalue weighted by Crippen LogP contribution is 2.28. The molecule has 2 heterocycles. The fourth-order valence-electron chi connectivity index (χ4n) is 1.77. The lowest BCUT2D eigenvalue weighted by Crippen LogP contribution is -2.35. The summed E-state index contributed by atoms with van der Waals surface area (Å²) in [4.78, 5) is 15.0. The third kappa shape index (κ3) is 3.40. The molecule has 1 amide bonds. The van der Waals surface area contributed by atoms with Crippen molar-refractivity contribution in [2.45, 2.75) is 24.8 Å². The number of rotatable bonds is 2. The van der Waals surface area contributed by atoms with Gasteiger partial charge in [-0.2, -0.15) is 13.2 Å². The van der Waals surface area contributed by atoms with Crippen molar-refractivity contribution in [3.05, 3.63) is 23.9 Å². The molecule has 1 aromatic heterocycles. The zero-order chi connectivity index (χ0) is 14.0. The van der Waals surface area contributed by atoms with Crippen molar-refractivity contribution in [2.24, 2.45) is 0 Å². The smallest absolute Gasteiger partial charge is 0.309 e. The number of nitrogens with one attached hydrogen (secondary N) is 2. The van der Waals surface area contributed by atoms with Gasteiger partial charge in [0.15, 0.2) is 0 Å². The van der Waals surface area contributed by atoms with E-state index in [0.29, 0.717) is 0 Å². The molecule has 19 heavy (non-hydrogen) atoms. The van der Waals surface area contributed by atoms with E-state index in [9.17, 15) is 22.4 Å². The van der Waals surface area contributed by atoms with Gasteiger partial charge in [0, 0.05) is 13.0 Å². The van der Waals surface area contributed by atoms with Crippen LogP contribution in [0.3, 0.4) is 0 Å². The van der Waals surface area contributed by atoms with E-state index in [-0.39, 0.29) is 18.8 Å². The third-order valence-corrected chi connectivity index (χ3v) is 2.68. The van der Waals surface area contributed by atoms with E-state index in [2.05, 4.69) is 15.6 Å². The van der Waals surface area contributed by atoms with E-state index in [0.717, 1.165) is 12.1 Å². The highest BCUT2D eigenvalue weighted by atomic mass is 19.4. The lowest BCUT2D eigenvalue weighted by Gasteiger charge is -2.11. The Morgan fingerprint density at radius 3 is 2.74 bits per heavy atom. The molecule has 0 aliphatic carbocycles. The second kappa shape index (κ2) is 5.12. The average molecular weight is 277 g/mol. The number of hydrogen-bond donors (Lipinski definition) is 2. The van der Waals surface area contributed by atoms with E-state index in [1.165, 1.54) is 6.07 Å². The summed E-state index contributed by atoms with van der Waals surface area (Å²) >= 11 is 0. The summed E-state index contributed by atoms with van der Waals surface area (Å²) in [6.07, 6.45) is -5.69. The van der Waals surface area contributed by atoms with Crippen molar-refractivity contribution in [1.82, 2.24) is 10.3 Å². The molecule has 1 saturated heterocycles. The summed E-state index contributed by atoms with van der Waals surface area (Å²) < 4.78 is 50.1. The van der Waals surface area contributed by atoms with E-state index in [4.69, 9.17) is 0 Å². The van der Waals surface area contributed by atoms with Crippen molar-refractivity contribution in [3.63, 3.8) is 0 Å². The lowest BCUT2D eigenvalue weighted by molar-refractivity contribution is -0.141. The van der Waals surface area contributed by atoms with E-state index >= 15 is 0 Å². The fraction of sp³-hybridized carbons (Fsp3) is 0.455. The van der Waals surface area contributed by atoms with Crippen LogP contribution in [0.15, 0.2) is 18.2 Å². The Morgan fingerprint density at radius 2 is 2.16 bits per heavy atom. The Labute approximate surface area is 106 Å². The number of anilines is 1. The van der Waals surface area contributed by atoms with Crippen LogP contribution in [0.2, 0.25) is 0 Å². The van der Waals surface area contributed by atoms with Gasteiger partial charge in [0.25, 0.3) is 0 Å². The number of carbonyl (C=O) groups excluding carboxylic acids is 1. The van der Waals surface area contributed by atoms with Crippen molar-refractivity contribution in [1.29, 1.82) is 0 Å². The molecule has 2 N–H and O–H groups in total. The van der Waals surface area contributed by atoms with Crippen LogP contribution in [0.5, 0.6) is 0 Å². The molecule has 8 heteroatoms. The van der Waals surface area contributed by atoms with Gasteiger partial charge in [-0.15, -0.1) is 0 Å². The van der Waals surface area contributed by atoms with Gasteiger partial charge in [-0.1, -0.05) is 6.07 Å². The fourth-order valence-corrected chi connectivity index (χ4v) is 1.77. The maximum atomic E-state index is 12.9. The number of carbonyl (C=O) groups is 1. The second-order valence-corrected chi connectivity index (χ2v) is 4.19. The molecule has 104 valence electrons. The summed E-state index contributed by atoms with van der Waals surface area (Å²) in [5.74, 6) is -0.795. The Kier molecular flexibility index (Phi) is 3.70. The van der Waals surface area contributed by atoms with Crippen LogP contribution in [0.1, 0.15) is 12.1 Å². The molecule has 0 aromatic carbocycles. The van der Waals surface area contributed by atoms with E-state index in [1.807, 2.05) is 0 Å². The van der Waals surface area contributed by atoms with Crippen molar-refractivity contribution < 1.29 is 22.4 Å². The molecule has 0 spiro atoms. The molecule has 2 atom stereocenters. The van der Waals surface area contributed by atoms with Crippen LogP contribution in [-0.4, -0.2) is 29.6 Å². The summed E-state index contributed by atoms with van der Waals surface area (Å²) in [6, 6.07) is 2.45. The number of aromatic nitrogens is 1. The second-order valence-electron chi connectivity index (χ2n) is 4.19. The number of nitrogens with zero attached hydrogens (tertiary/aromatic N) is 1. The minimum Gasteiger partial charge on any atom is -0.309 e. The van der Waals surface area contributed by atoms with Gasteiger partial charge < -0.3 is 10.6 Å². The average Bonchev–Trinajstić information content (AvgIpc) is 2.75. The van der Waals surface area contributed by atoms with Crippen LogP contribution >= 0.6 is 0 Å². The standard InChI is InChI=1S/C11H11F4N3O/c12-6-4-7(16-5-6)10(19)18-9-3-1-2-8(17-9)11(13,14)15/h1-3,6-7,16H,4-5H2,(H,17,18,19)/t6-,7+/m1/s1.